The molecule has 2 aliphatic rings. The predicted molar refractivity (Wildman–Crippen MR) is 75.6 cm³/mol. The molecule has 0 amide bonds. The zero-order chi connectivity index (χ0) is 13.9. The summed E-state index contributed by atoms with van der Waals surface area (Å²) in [5.74, 6) is -0.202. The summed E-state index contributed by atoms with van der Waals surface area (Å²) in [4.78, 5) is 4.02. The molecular formula is C14H20FN3O2. The standard InChI is InChI=1S/C14H20FN3O2/c15-12-9-11(18-5-8-20-14(18)10-16)1-2-13(12)17-3-6-19-7-4-17/h1-2,9,14H,3-8,10,16H2/t14-/m0/s1. The molecule has 2 heterocycles. The van der Waals surface area contributed by atoms with Crippen LogP contribution in [0.15, 0.2) is 18.2 Å². The third kappa shape index (κ3) is 2.59. The van der Waals surface area contributed by atoms with Gasteiger partial charge in [0.2, 0.25) is 0 Å². The van der Waals surface area contributed by atoms with Crippen molar-refractivity contribution >= 4 is 11.4 Å². The molecule has 3 rings (SSSR count). The second-order valence-corrected chi connectivity index (χ2v) is 4.99. The fraction of sp³-hybridized carbons (Fsp3) is 0.571. The van der Waals surface area contributed by atoms with Crippen molar-refractivity contribution in [1.29, 1.82) is 0 Å². The van der Waals surface area contributed by atoms with Crippen LogP contribution in [0.3, 0.4) is 0 Å². The van der Waals surface area contributed by atoms with Gasteiger partial charge in [-0.1, -0.05) is 0 Å². The molecule has 0 radical (unpaired) electrons. The summed E-state index contributed by atoms with van der Waals surface area (Å²) in [6.07, 6.45) is -0.149. The van der Waals surface area contributed by atoms with Crippen molar-refractivity contribution in [2.24, 2.45) is 5.73 Å². The lowest BCUT2D eigenvalue weighted by atomic mass is 10.2. The van der Waals surface area contributed by atoms with Crippen molar-refractivity contribution in [2.75, 3.05) is 55.8 Å². The number of nitrogens with two attached hydrogens (primary N) is 1. The van der Waals surface area contributed by atoms with E-state index < -0.39 is 0 Å². The fourth-order valence-electron chi connectivity index (χ4n) is 2.75. The number of rotatable bonds is 3. The molecule has 20 heavy (non-hydrogen) atoms. The van der Waals surface area contributed by atoms with E-state index >= 15 is 0 Å². The van der Waals surface area contributed by atoms with Gasteiger partial charge in [0.15, 0.2) is 0 Å². The first-order valence-corrected chi connectivity index (χ1v) is 7.00. The minimum absolute atomic E-state index is 0.149. The maximum Gasteiger partial charge on any atom is 0.148 e. The molecule has 5 nitrogen and oxygen atoms in total. The van der Waals surface area contributed by atoms with Gasteiger partial charge in [-0.15, -0.1) is 0 Å². The summed E-state index contributed by atoms with van der Waals surface area (Å²) in [5, 5.41) is 0. The van der Waals surface area contributed by atoms with Gasteiger partial charge in [-0.05, 0) is 18.2 Å². The van der Waals surface area contributed by atoms with E-state index in [1.54, 1.807) is 6.07 Å². The number of halogens is 1. The van der Waals surface area contributed by atoms with Crippen molar-refractivity contribution in [3.63, 3.8) is 0 Å². The summed E-state index contributed by atoms with van der Waals surface area (Å²) in [6, 6.07) is 5.34. The molecule has 0 unspecified atom stereocenters. The van der Waals surface area contributed by atoms with Crippen molar-refractivity contribution < 1.29 is 13.9 Å². The van der Waals surface area contributed by atoms with Crippen molar-refractivity contribution in [3.8, 4) is 0 Å². The fourth-order valence-corrected chi connectivity index (χ4v) is 2.75. The molecule has 0 bridgehead atoms. The zero-order valence-electron chi connectivity index (χ0n) is 11.4. The minimum Gasteiger partial charge on any atom is -0.378 e. The number of anilines is 2. The van der Waals surface area contributed by atoms with E-state index in [0.29, 0.717) is 32.1 Å². The highest BCUT2D eigenvalue weighted by Gasteiger charge is 2.25. The number of morpholine rings is 1. The summed E-state index contributed by atoms with van der Waals surface area (Å²) in [7, 11) is 0. The van der Waals surface area contributed by atoms with Gasteiger partial charge in [-0.3, -0.25) is 0 Å². The Morgan fingerprint density at radius 3 is 2.70 bits per heavy atom. The first kappa shape index (κ1) is 13.6. The Labute approximate surface area is 118 Å². The Kier molecular flexibility index (Phi) is 4.05. The predicted octanol–water partition coefficient (Wildman–Crippen LogP) is 0.784. The first-order valence-electron chi connectivity index (χ1n) is 7.00. The highest BCUT2D eigenvalue weighted by atomic mass is 19.1. The Bertz CT molecular complexity index is 466. The molecule has 110 valence electrons. The summed E-state index contributed by atoms with van der Waals surface area (Å²) in [5.41, 5.74) is 7.13. The van der Waals surface area contributed by atoms with Gasteiger partial charge in [0.05, 0.1) is 25.5 Å². The third-order valence-electron chi connectivity index (χ3n) is 3.81. The van der Waals surface area contributed by atoms with Crippen LogP contribution < -0.4 is 15.5 Å². The van der Waals surface area contributed by atoms with Crippen molar-refractivity contribution in [1.82, 2.24) is 0 Å². The van der Waals surface area contributed by atoms with Crippen LogP contribution in [0.5, 0.6) is 0 Å². The van der Waals surface area contributed by atoms with Crippen LogP contribution in [0.2, 0.25) is 0 Å². The Morgan fingerprint density at radius 1 is 1.20 bits per heavy atom. The van der Waals surface area contributed by atoms with Crippen LogP contribution in [-0.2, 0) is 9.47 Å². The molecule has 6 heteroatoms. The van der Waals surface area contributed by atoms with Gasteiger partial charge in [0, 0.05) is 31.9 Å². The first-order chi connectivity index (χ1) is 9.79. The summed E-state index contributed by atoms with van der Waals surface area (Å²) >= 11 is 0. The van der Waals surface area contributed by atoms with Gasteiger partial charge >= 0.3 is 0 Å². The normalized spacial score (nSPS) is 23.4. The number of hydrogen-bond acceptors (Lipinski definition) is 5. The number of nitrogens with zero attached hydrogens (tertiary/aromatic N) is 2. The van der Waals surface area contributed by atoms with E-state index in [9.17, 15) is 4.39 Å². The van der Waals surface area contributed by atoms with E-state index in [0.717, 1.165) is 25.3 Å². The molecular weight excluding hydrogens is 261 g/mol. The molecule has 2 N–H and O–H groups in total. The smallest absolute Gasteiger partial charge is 0.148 e. The lowest BCUT2D eigenvalue weighted by molar-refractivity contribution is 0.119. The quantitative estimate of drug-likeness (QED) is 0.887. The molecule has 0 aliphatic carbocycles. The zero-order valence-corrected chi connectivity index (χ0v) is 11.4. The van der Waals surface area contributed by atoms with Crippen LogP contribution >= 0.6 is 0 Å². The van der Waals surface area contributed by atoms with Crippen molar-refractivity contribution in [2.45, 2.75) is 6.23 Å². The average Bonchev–Trinajstić information content (AvgIpc) is 2.96. The Morgan fingerprint density at radius 2 is 2.00 bits per heavy atom. The highest BCUT2D eigenvalue weighted by molar-refractivity contribution is 5.58. The van der Waals surface area contributed by atoms with E-state index in [1.807, 2.05) is 21.9 Å². The maximum atomic E-state index is 14.3. The molecule has 1 aromatic carbocycles. The second kappa shape index (κ2) is 5.95. The van der Waals surface area contributed by atoms with Crippen molar-refractivity contribution in [3.05, 3.63) is 24.0 Å². The topological polar surface area (TPSA) is 51.0 Å². The van der Waals surface area contributed by atoms with Gasteiger partial charge in [0.25, 0.3) is 0 Å². The number of benzene rings is 1. The molecule has 1 atom stereocenters. The SMILES string of the molecule is NC[C@@H]1OCCN1c1ccc(N2CCOCC2)c(F)c1. The highest BCUT2D eigenvalue weighted by Crippen LogP contribution is 2.28. The molecule has 1 aromatic rings. The molecule has 0 spiro atoms. The molecule has 2 aliphatic heterocycles. The van der Waals surface area contributed by atoms with Gasteiger partial charge < -0.3 is 25.0 Å². The van der Waals surface area contributed by atoms with Gasteiger partial charge in [0.1, 0.15) is 12.0 Å². The van der Waals surface area contributed by atoms with Crippen LogP contribution in [0.25, 0.3) is 0 Å². The Balaban J connectivity index is 1.80. The lowest BCUT2D eigenvalue weighted by Crippen LogP contribution is -2.37. The Hall–Kier alpha value is -1.37. The summed E-state index contributed by atoms with van der Waals surface area (Å²) < 4.78 is 25.1. The van der Waals surface area contributed by atoms with Crippen LogP contribution in [0.4, 0.5) is 15.8 Å². The maximum absolute atomic E-state index is 14.3. The number of hydrogen-bond donors (Lipinski definition) is 1. The molecule has 2 fully saturated rings. The average molecular weight is 281 g/mol. The van der Waals surface area contributed by atoms with Crippen LogP contribution in [0, 0.1) is 5.82 Å². The van der Waals surface area contributed by atoms with E-state index in [-0.39, 0.29) is 12.0 Å². The van der Waals surface area contributed by atoms with Crippen LogP contribution in [0.1, 0.15) is 0 Å². The molecule has 2 saturated heterocycles. The minimum atomic E-state index is -0.202. The van der Waals surface area contributed by atoms with Crippen LogP contribution in [-0.4, -0.2) is 52.2 Å². The lowest BCUT2D eigenvalue weighted by Gasteiger charge is -2.30. The van der Waals surface area contributed by atoms with Gasteiger partial charge in [-0.25, -0.2) is 4.39 Å². The van der Waals surface area contributed by atoms with E-state index in [2.05, 4.69) is 0 Å². The third-order valence-corrected chi connectivity index (χ3v) is 3.81. The number of ether oxygens (including phenoxy) is 2. The monoisotopic (exact) mass is 281 g/mol. The largest absolute Gasteiger partial charge is 0.378 e. The summed E-state index contributed by atoms with van der Waals surface area (Å²) in [6.45, 7) is 4.55. The second-order valence-electron chi connectivity index (χ2n) is 4.99. The van der Waals surface area contributed by atoms with E-state index in [4.69, 9.17) is 15.2 Å². The van der Waals surface area contributed by atoms with E-state index in [1.165, 1.54) is 0 Å². The van der Waals surface area contributed by atoms with Gasteiger partial charge in [-0.2, -0.15) is 0 Å². The molecule has 0 aromatic heterocycles. The molecule has 0 saturated carbocycles.